The zero-order valence-electron chi connectivity index (χ0n) is 15.5. The zero-order chi connectivity index (χ0) is 18.3. The van der Waals surface area contributed by atoms with Gasteiger partial charge in [-0.25, -0.2) is 0 Å². The van der Waals surface area contributed by atoms with Gasteiger partial charge >= 0.3 is 0 Å². The predicted octanol–water partition coefficient (Wildman–Crippen LogP) is 5.22. The molecule has 4 rings (SSSR count). The largest absolute Gasteiger partial charge is 0.504 e. The number of aryl methyl sites for hydroxylation is 2. The van der Waals surface area contributed by atoms with Crippen molar-refractivity contribution in [2.75, 3.05) is 13.7 Å². The van der Waals surface area contributed by atoms with E-state index in [0.717, 1.165) is 65.0 Å². The summed E-state index contributed by atoms with van der Waals surface area (Å²) in [6, 6.07) is 10.1. The van der Waals surface area contributed by atoms with Crippen LogP contribution in [0.1, 0.15) is 41.5 Å². The number of aliphatic hydroxyl groups is 1. The van der Waals surface area contributed by atoms with Crippen LogP contribution in [0.5, 0.6) is 5.75 Å². The summed E-state index contributed by atoms with van der Waals surface area (Å²) >= 11 is 0. The molecule has 1 atom stereocenters. The van der Waals surface area contributed by atoms with E-state index in [2.05, 4.69) is 26.0 Å². The van der Waals surface area contributed by atoms with Gasteiger partial charge in [-0.05, 0) is 61.1 Å². The summed E-state index contributed by atoms with van der Waals surface area (Å²) < 4.78 is 17.0. The third kappa shape index (κ3) is 2.74. The average molecular weight is 352 g/mol. The molecule has 2 aliphatic rings. The molecule has 0 aromatic heterocycles. The third-order valence-corrected chi connectivity index (χ3v) is 5.15. The number of rotatable bonds is 4. The van der Waals surface area contributed by atoms with Crippen molar-refractivity contribution >= 4 is 11.5 Å². The van der Waals surface area contributed by atoms with Crippen LogP contribution in [0, 0.1) is 13.8 Å². The van der Waals surface area contributed by atoms with Gasteiger partial charge in [-0.3, -0.25) is 0 Å². The van der Waals surface area contributed by atoms with Crippen molar-refractivity contribution in [2.45, 2.75) is 39.4 Å². The Balaban J connectivity index is 1.69. The number of methoxy groups -OCH3 is 1. The van der Waals surface area contributed by atoms with E-state index in [1.165, 1.54) is 0 Å². The van der Waals surface area contributed by atoms with Gasteiger partial charge in [0, 0.05) is 17.5 Å². The molecule has 1 saturated heterocycles. The van der Waals surface area contributed by atoms with Gasteiger partial charge in [0.25, 0.3) is 0 Å². The lowest BCUT2D eigenvalue weighted by atomic mass is 9.83. The minimum Gasteiger partial charge on any atom is -0.504 e. The number of hydrogen-bond donors (Lipinski definition) is 1. The predicted molar refractivity (Wildman–Crippen MR) is 102 cm³/mol. The first-order valence-electron chi connectivity index (χ1n) is 9.11. The standard InChI is InChI=1S/C22H24O4/c1-13-11-15(26-18-9-4-5-10-25-18)12-14(2)19(13)16-7-6-8-17-20(16)21(23)22(17)24-3/h6-8,11-12,18,23H,4-5,9-10H2,1-3H3. The fourth-order valence-corrected chi connectivity index (χ4v) is 3.96. The number of benzene rings is 2. The SMILES string of the molecule is COC1=C(O)c2c1cccc2-c1c(C)cc(OC2CCCCO2)cc1C. The topological polar surface area (TPSA) is 47.9 Å². The molecule has 2 aromatic rings. The molecule has 0 amide bonds. The maximum atomic E-state index is 10.4. The lowest BCUT2D eigenvalue weighted by Crippen LogP contribution is -2.25. The summed E-state index contributed by atoms with van der Waals surface area (Å²) in [4.78, 5) is 0. The normalized spacial score (nSPS) is 19.0. The number of aliphatic hydroxyl groups excluding tert-OH is 1. The van der Waals surface area contributed by atoms with Crippen LogP contribution in [0.4, 0.5) is 0 Å². The third-order valence-electron chi connectivity index (χ3n) is 5.15. The van der Waals surface area contributed by atoms with Crippen LogP contribution in [0.3, 0.4) is 0 Å². The van der Waals surface area contributed by atoms with E-state index >= 15 is 0 Å². The monoisotopic (exact) mass is 352 g/mol. The molecule has 1 aliphatic heterocycles. The van der Waals surface area contributed by atoms with Crippen molar-refractivity contribution in [1.29, 1.82) is 0 Å². The summed E-state index contributed by atoms with van der Waals surface area (Å²) in [6.45, 7) is 4.92. The van der Waals surface area contributed by atoms with Crippen molar-refractivity contribution < 1.29 is 19.3 Å². The molecule has 1 N–H and O–H groups in total. The second-order valence-corrected chi connectivity index (χ2v) is 6.96. The van der Waals surface area contributed by atoms with Crippen LogP contribution in [0.2, 0.25) is 0 Å². The molecule has 136 valence electrons. The van der Waals surface area contributed by atoms with Gasteiger partial charge in [0.2, 0.25) is 0 Å². The quantitative estimate of drug-likeness (QED) is 0.819. The molecule has 0 saturated carbocycles. The van der Waals surface area contributed by atoms with Gasteiger partial charge < -0.3 is 19.3 Å². The summed E-state index contributed by atoms with van der Waals surface area (Å²) in [6.07, 6.45) is 3.04. The van der Waals surface area contributed by atoms with Crippen molar-refractivity contribution in [1.82, 2.24) is 0 Å². The summed E-state index contributed by atoms with van der Waals surface area (Å²) in [5, 5.41) is 10.4. The molecule has 4 nitrogen and oxygen atoms in total. The highest BCUT2D eigenvalue weighted by Gasteiger charge is 2.30. The Hall–Kier alpha value is -2.46. The van der Waals surface area contributed by atoms with Crippen molar-refractivity contribution in [3.8, 4) is 16.9 Å². The Kier molecular flexibility index (Phi) is 4.37. The molecule has 0 radical (unpaired) electrons. The van der Waals surface area contributed by atoms with E-state index in [4.69, 9.17) is 14.2 Å². The van der Waals surface area contributed by atoms with Crippen molar-refractivity contribution in [3.63, 3.8) is 0 Å². The lowest BCUT2D eigenvalue weighted by Gasteiger charge is -2.27. The zero-order valence-corrected chi connectivity index (χ0v) is 15.5. The summed E-state index contributed by atoms with van der Waals surface area (Å²) in [5.74, 6) is 1.63. The van der Waals surface area contributed by atoms with Crippen LogP contribution < -0.4 is 4.74 Å². The van der Waals surface area contributed by atoms with Crippen molar-refractivity contribution in [2.24, 2.45) is 0 Å². The van der Waals surface area contributed by atoms with E-state index in [-0.39, 0.29) is 12.0 Å². The molecule has 1 aliphatic carbocycles. The average Bonchev–Trinajstić information content (AvgIpc) is 2.62. The van der Waals surface area contributed by atoms with Crippen LogP contribution in [-0.2, 0) is 9.47 Å². The minimum atomic E-state index is -0.151. The number of hydrogen-bond acceptors (Lipinski definition) is 4. The number of fused-ring (bicyclic) bond motifs is 1. The summed E-state index contributed by atoms with van der Waals surface area (Å²) in [7, 11) is 1.58. The first kappa shape index (κ1) is 17.0. The Morgan fingerprint density at radius 3 is 2.42 bits per heavy atom. The van der Waals surface area contributed by atoms with Gasteiger partial charge in [-0.15, -0.1) is 0 Å². The van der Waals surface area contributed by atoms with Crippen LogP contribution in [0.25, 0.3) is 22.6 Å². The van der Waals surface area contributed by atoms with Gasteiger partial charge in [-0.1, -0.05) is 18.2 Å². The van der Waals surface area contributed by atoms with Crippen LogP contribution in [0.15, 0.2) is 30.3 Å². The van der Waals surface area contributed by atoms with Gasteiger partial charge in [0.05, 0.1) is 13.7 Å². The van der Waals surface area contributed by atoms with Crippen molar-refractivity contribution in [3.05, 3.63) is 52.6 Å². The highest BCUT2D eigenvalue weighted by Crippen LogP contribution is 2.46. The maximum absolute atomic E-state index is 10.4. The molecule has 26 heavy (non-hydrogen) atoms. The van der Waals surface area contributed by atoms with E-state index in [1.807, 2.05) is 18.2 Å². The molecule has 0 bridgehead atoms. The van der Waals surface area contributed by atoms with Gasteiger partial charge in [-0.2, -0.15) is 0 Å². The highest BCUT2D eigenvalue weighted by molar-refractivity contribution is 6.03. The molecule has 1 unspecified atom stereocenters. The van der Waals surface area contributed by atoms with Gasteiger partial charge in [0.15, 0.2) is 17.8 Å². The fraction of sp³-hybridized carbons (Fsp3) is 0.364. The Morgan fingerprint density at radius 1 is 1.04 bits per heavy atom. The summed E-state index contributed by atoms with van der Waals surface area (Å²) in [5.41, 5.74) is 6.19. The van der Waals surface area contributed by atoms with Gasteiger partial charge in [0.1, 0.15) is 5.75 Å². The minimum absolute atomic E-state index is 0.151. The Labute approximate surface area is 154 Å². The lowest BCUT2D eigenvalue weighted by molar-refractivity contribution is -0.105. The Morgan fingerprint density at radius 2 is 1.77 bits per heavy atom. The van der Waals surface area contributed by atoms with Crippen LogP contribution >= 0.6 is 0 Å². The fourth-order valence-electron chi connectivity index (χ4n) is 3.96. The first-order chi connectivity index (χ1) is 12.6. The molecule has 1 fully saturated rings. The molecule has 0 spiro atoms. The van der Waals surface area contributed by atoms with Crippen LogP contribution in [-0.4, -0.2) is 25.1 Å². The molecule has 4 heteroatoms. The molecular formula is C22H24O4. The number of ether oxygens (including phenoxy) is 3. The molecule has 1 heterocycles. The first-order valence-corrected chi connectivity index (χ1v) is 9.11. The molecular weight excluding hydrogens is 328 g/mol. The van der Waals surface area contributed by atoms with E-state index in [0.29, 0.717) is 5.76 Å². The maximum Gasteiger partial charge on any atom is 0.199 e. The highest BCUT2D eigenvalue weighted by atomic mass is 16.7. The smallest absolute Gasteiger partial charge is 0.199 e. The Bertz CT molecular complexity index is 853. The van der Waals surface area contributed by atoms with E-state index < -0.39 is 0 Å². The second-order valence-electron chi connectivity index (χ2n) is 6.96. The second kappa shape index (κ2) is 6.69. The molecule has 2 aromatic carbocycles. The van der Waals surface area contributed by atoms with E-state index in [9.17, 15) is 5.11 Å². The van der Waals surface area contributed by atoms with E-state index in [1.54, 1.807) is 7.11 Å².